The molecule has 0 unspecified atom stereocenters. The number of amides is 1. The molecule has 1 atom stereocenters. The number of rotatable bonds is 6. The topological polar surface area (TPSA) is 88.2 Å². The highest BCUT2D eigenvalue weighted by atomic mass is 32.2. The molecule has 0 saturated heterocycles. The van der Waals surface area contributed by atoms with Crippen LogP contribution in [0.1, 0.15) is 44.2 Å². The molecule has 2 aromatic carbocycles. The summed E-state index contributed by atoms with van der Waals surface area (Å²) in [6.07, 6.45) is 4.00. The summed E-state index contributed by atoms with van der Waals surface area (Å²) in [6.45, 7) is 1.98. The average Bonchev–Trinajstić information content (AvgIpc) is 2.79. The average molecular weight is 438 g/mol. The molecule has 7 heteroatoms. The maximum atomic E-state index is 12.8. The second-order valence-electron chi connectivity index (χ2n) is 8.17. The molecule has 1 fully saturated rings. The number of sulfonamides is 1. The SMILES string of the molecule is C[C@@H](NC(=O)C1CCC(NS(=O)(=O)c2cnc3ccccc3c2)CC1)c1ccccc1. The number of carbonyl (C=O) groups is 1. The van der Waals surface area contributed by atoms with Gasteiger partial charge in [-0.1, -0.05) is 48.5 Å². The van der Waals surface area contributed by atoms with Crippen LogP contribution in [0, 0.1) is 5.92 Å². The molecule has 162 valence electrons. The van der Waals surface area contributed by atoms with E-state index in [9.17, 15) is 13.2 Å². The molecular weight excluding hydrogens is 410 g/mol. The second-order valence-corrected chi connectivity index (χ2v) is 9.89. The molecule has 6 nitrogen and oxygen atoms in total. The van der Waals surface area contributed by atoms with Gasteiger partial charge in [-0.3, -0.25) is 9.78 Å². The quantitative estimate of drug-likeness (QED) is 0.611. The van der Waals surface area contributed by atoms with Gasteiger partial charge in [0, 0.05) is 23.5 Å². The van der Waals surface area contributed by atoms with Crippen LogP contribution in [-0.2, 0) is 14.8 Å². The summed E-state index contributed by atoms with van der Waals surface area (Å²) < 4.78 is 28.5. The molecule has 1 aliphatic rings. The third-order valence-electron chi connectivity index (χ3n) is 5.95. The lowest BCUT2D eigenvalue weighted by molar-refractivity contribution is -0.126. The predicted molar refractivity (Wildman–Crippen MR) is 121 cm³/mol. The van der Waals surface area contributed by atoms with Gasteiger partial charge < -0.3 is 5.32 Å². The molecule has 0 radical (unpaired) electrons. The van der Waals surface area contributed by atoms with Crippen molar-refractivity contribution in [1.29, 1.82) is 0 Å². The van der Waals surface area contributed by atoms with E-state index < -0.39 is 10.0 Å². The second kappa shape index (κ2) is 9.16. The molecule has 0 bridgehead atoms. The molecule has 1 aromatic heterocycles. The van der Waals surface area contributed by atoms with Crippen molar-refractivity contribution in [2.75, 3.05) is 0 Å². The third kappa shape index (κ3) is 5.11. The van der Waals surface area contributed by atoms with Crippen LogP contribution in [-0.4, -0.2) is 25.4 Å². The molecule has 1 amide bonds. The summed E-state index contributed by atoms with van der Waals surface area (Å²) in [4.78, 5) is 17.1. The van der Waals surface area contributed by atoms with Crippen LogP contribution in [0.25, 0.3) is 10.9 Å². The largest absolute Gasteiger partial charge is 0.349 e. The number of fused-ring (bicyclic) bond motifs is 1. The highest BCUT2D eigenvalue weighted by Crippen LogP contribution is 2.27. The lowest BCUT2D eigenvalue weighted by Gasteiger charge is -2.29. The van der Waals surface area contributed by atoms with Gasteiger partial charge in [0.25, 0.3) is 0 Å². The monoisotopic (exact) mass is 437 g/mol. The van der Waals surface area contributed by atoms with Gasteiger partial charge in [0.2, 0.25) is 15.9 Å². The van der Waals surface area contributed by atoms with Crippen LogP contribution in [0.5, 0.6) is 0 Å². The predicted octanol–water partition coefficient (Wildman–Crippen LogP) is 3.95. The Bertz CT molecular complexity index is 1160. The van der Waals surface area contributed by atoms with E-state index in [1.54, 1.807) is 6.07 Å². The summed E-state index contributed by atoms with van der Waals surface area (Å²) in [5, 5.41) is 3.88. The number of pyridine rings is 1. The minimum atomic E-state index is -3.66. The van der Waals surface area contributed by atoms with Gasteiger partial charge in [0.15, 0.2) is 0 Å². The first-order valence-electron chi connectivity index (χ1n) is 10.6. The van der Waals surface area contributed by atoms with Crippen molar-refractivity contribution in [3.63, 3.8) is 0 Å². The zero-order valence-electron chi connectivity index (χ0n) is 17.5. The number of hydrogen-bond donors (Lipinski definition) is 2. The van der Waals surface area contributed by atoms with Gasteiger partial charge in [-0.15, -0.1) is 0 Å². The van der Waals surface area contributed by atoms with Gasteiger partial charge in [-0.05, 0) is 50.3 Å². The highest BCUT2D eigenvalue weighted by Gasteiger charge is 2.30. The van der Waals surface area contributed by atoms with Crippen molar-refractivity contribution in [2.24, 2.45) is 5.92 Å². The fourth-order valence-electron chi connectivity index (χ4n) is 4.12. The van der Waals surface area contributed by atoms with Gasteiger partial charge in [-0.25, -0.2) is 13.1 Å². The van der Waals surface area contributed by atoms with Gasteiger partial charge in [-0.2, -0.15) is 0 Å². The molecular formula is C24H27N3O3S. The standard InChI is InChI=1S/C24H27N3O3S/c1-17(18-7-3-2-4-8-18)26-24(28)19-11-13-21(14-12-19)27-31(29,30)22-15-20-9-5-6-10-23(20)25-16-22/h2-10,15-17,19,21,27H,11-14H2,1H3,(H,26,28)/t17-,19?,21?/m1/s1. The summed E-state index contributed by atoms with van der Waals surface area (Å²) in [6, 6.07) is 18.7. The van der Waals surface area contributed by atoms with E-state index in [4.69, 9.17) is 0 Å². The maximum absolute atomic E-state index is 12.8. The fraction of sp³-hybridized carbons (Fsp3) is 0.333. The van der Waals surface area contributed by atoms with Gasteiger partial charge in [0.1, 0.15) is 4.90 Å². The zero-order chi connectivity index (χ0) is 21.8. The Morgan fingerprint density at radius 3 is 2.42 bits per heavy atom. The number of nitrogens with one attached hydrogen (secondary N) is 2. The van der Waals surface area contributed by atoms with Crippen molar-refractivity contribution < 1.29 is 13.2 Å². The Balaban J connectivity index is 1.33. The highest BCUT2D eigenvalue weighted by molar-refractivity contribution is 7.89. The Morgan fingerprint density at radius 2 is 1.68 bits per heavy atom. The normalized spacial score (nSPS) is 20.3. The van der Waals surface area contributed by atoms with E-state index in [0.29, 0.717) is 25.7 Å². The molecule has 2 N–H and O–H groups in total. The first kappa shape index (κ1) is 21.5. The van der Waals surface area contributed by atoms with E-state index >= 15 is 0 Å². The Hall–Kier alpha value is -2.77. The van der Waals surface area contributed by atoms with E-state index in [1.807, 2.05) is 61.5 Å². The molecule has 3 aromatic rings. The summed E-state index contributed by atoms with van der Waals surface area (Å²) in [5.41, 5.74) is 1.83. The summed E-state index contributed by atoms with van der Waals surface area (Å²) in [5.74, 6) is -0.0503. The molecule has 4 rings (SSSR count). The number of hydrogen-bond acceptors (Lipinski definition) is 4. The van der Waals surface area contributed by atoms with Crippen LogP contribution in [0.15, 0.2) is 71.8 Å². The van der Waals surface area contributed by atoms with E-state index in [0.717, 1.165) is 16.5 Å². The third-order valence-corrected chi connectivity index (χ3v) is 7.44. The van der Waals surface area contributed by atoms with Crippen LogP contribution in [0.3, 0.4) is 0 Å². The number of carbonyl (C=O) groups excluding carboxylic acids is 1. The number of para-hydroxylation sites is 1. The number of benzene rings is 2. The minimum absolute atomic E-state index is 0.0383. The molecule has 1 heterocycles. The smallest absolute Gasteiger partial charge is 0.242 e. The van der Waals surface area contributed by atoms with Gasteiger partial charge in [0.05, 0.1) is 11.6 Å². The van der Waals surface area contributed by atoms with E-state index in [1.165, 1.54) is 6.20 Å². The Morgan fingerprint density at radius 1 is 1.00 bits per heavy atom. The molecule has 1 aliphatic carbocycles. The van der Waals surface area contributed by atoms with Crippen LogP contribution in [0.4, 0.5) is 0 Å². The molecule has 31 heavy (non-hydrogen) atoms. The fourth-order valence-corrected chi connectivity index (χ4v) is 5.40. The lowest BCUT2D eigenvalue weighted by atomic mass is 9.85. The molecule has 0 aliphatic heterocycles. The van der Waals surface area contributed by atoms with Crippen molar-refractivity contribution >= 4 is 26.8 Å². The summed E-state index contributed by atoms with van der Waals surface area (Å²) in [7, 11) is -3.66. The van der Waals surface area contributed by atoms with Crippen LogP contribution in [0.2, 0.25) is 0 Å². The van der Waals surface area contributed by atoms with Crippen molar-refractivity contribution in [3.8, 4) is 0 Å². The first-order valence-corrected chi connectivity index (χ1v) is 12.1. The lowest BCUT2D eigenvalue weighted by Crippen LogP contribution is -2.41. The number of nitrogens with zero attached hydrogens (tertiary/aromatic N) is 1. The summed E-state index contributed by atoms with van der Waals surface area (Å²) >= 11 is 0. The molecule has 0 spiro atoms. The zero-order valence-corrected chi connectivity index (χ0v) is 18.3. The Labute approximate surface area is 183 Å². The van der Waals surface area contributed by atoms with E-state index in [2.05, 4.69) is 15.0 Å². The minimum Gasteiger partial charge on any atom is -0.349 e. The molecule has 1 saturated carbocycles. The van der Waals surface area contributed by atoms with Gasteiger partial charge >= 0.3 is 0 Å². The van der Waals surface area contributed by atoms with Crippen LogP contribution >= 0.6 is 0 Å². The first-order chi connectivity index (χ1) is 14.9. The van der Waals surface area contributed by atoms with Crippen LogP contribution < -0.4 is 10.0 Å². The van der Waals surface area contributed by atoms with Crippen molar-refractivity contribution in [3.05, 3.63) is 72.4 Å². The van der Waals surface area contributed by atoms with Crippen molar-refractivity contribution in [1.82, 2.24) is 15.0 Å². The van der Waals surface area contributed by atoms with Crippen molar-refractivity contribution in [2.45, 2.75) is 49.6 Å². The maximum Gasteiger partial charge on any atom is 0.242 e. The van der Waals surface area contributed by atoms with E-state index in [-0.39, 0.29) is 28.8 Å². The Kier molecular flexibility index (Phi) is 6.34. The number of aromatic nitrogens is 1.